The molecule has 1 N–H and O–H groups in total. The monoisotopic (exact) mass is 180 g/mol. The van der Waals surface area contributed by atoms with Crippen LogP contribution in [0.15, 0.2) is 18.2 Å². The van der Waals surface area contributed by atoms with Crippen molar-refractivity contribution in [2.45, 2.75) is 31.9 Å². The van der Waals surface area contributed by atoms with E-state index >= 15 is 0 Å². The predicted molar refractivity (Wildman–Crippen MR) is 49.6 cm³/mol. The van der Waals surface area contributed by atoms with Crippen molar-refractivity contribution in [2.75, 3.05) is 0 Å². The molecule has 0 heterocycles. The van der Waals surface area contributed by atoms with Gasteiger partial charge in [0.25, 0.3) is 0 Å². The molecule has 1 atom stereocenters. The van der Waals surface area contributed by atoms with Crippen LogP contribution in [0.3, 0.4) is 0 Å². The molecule has 0 saturated carbocycles. The molecular weight excluding hydrogens is 167 g/mol. The number of halogens is 1. The third-order valence-corrected chi connectivity index (χ3v) is 2.71. The molecule has 1 aromatic rings. The predicted octanol–water partition coefficient (Wildman–Crippen LogP) is 2.61. The summed E-state index contributed by atoms with van der Waals surface area (Å²) in [5, 5.41) is 9.52. The standard InChI is InChI=1S/C11H13FO/c1-11(12)6-5-8-3-2-4-10(13)9(8)7-11/h2-4,13H,5-7H2,1H3. The Bertz CT molecular complexity index is 331. The molecule has 0 saturated heterocycles. The molecule has 0 bridgehead atoms. The number of phenols is 1. The van der Waals surface area contributed by atoms with Gasteiger partial charge in [0.05, 0.1) is 0 Å². The van der Waals surface area contributed by atoms with Crippen molar-refractivity contribution in [3.63, 3.8) is 0 Å². The lowest BCUT2D eigenvalue weighted by Crippen LogP contribution is -2.27. The topological polar surface area (TPSA) is 20.2 Å². The molecule has 0 spiro atoms. The number of benzene rings is 1. The maximum absolute atomic E-state index is 13.6. The molecule has 0 amide bonds. The minimum absolute atomic E-state index is 0.237. The summed E-state index contributed by atoms with van der Waals surface area (Å²) in [6.45, 7) is 1.60. The molecule has 1 unspecified atom stereocenters. The van der Waals surface area contributed by atoms with Crippen LogP contribution in [0.1, 0.15) is 24.5 Å². The molecule has 1 aliphatic rings. The Morgan fingerprint density at radius 1 is 1.46 bits per heavy atom. The highest BCUT2D eigenvalue weighted by Crippen LogP contribution is 2.35. The Morgan fingerprint density at radius 3 is 3.00 bits per heavy atom. The Balaban J connectivity index is 2.44. The number of aryl methyl sites for hydroxylation is 1. The van der Waals surface area contributed by atoms with Gasteiger partial charge in [-0.2, -0.15) is 0 Å². The maximum atomic E-state index is 13.6. The zero-order valence-electron chi connectivity index (χ0n) is 7.68. The molecule has 13 heavy (non-hydrogen) atoms. The van der Waals surface area contributed by atoms with Gasteiger partial charge in [0.15, 0.2) is 0 Å². The number of alkyl halides is 1. The molecule has 70 valence electrons. The molecule has 1 aromatic carbocycles. The van der Waals surface area contributed by atoms with Crippen LogP contribution in [0.25, 0.3) is 0 Å². The average Bonchev–Trinajstić information content (AvgIpc) is 2.06. The van der Waals surface area contributed by atoms with Gasteiger partial charge < -0.3 is 5.11 Å². The van der Waals surface area contributed by atoms with Gasteiger partial charge in [-0.15, -0.1) is 0 Å². The number of fused-ring (bicyclic) bond motifs is 1. The van der Waals surface area contributed by atoms with Crippen LogP contribution in [-0.2, 0) is 12.8 Å². The van der Waals surface area contributed by atoms with E-state index in [4.69, 9.17) is 0 Å². The van der Waals surface area contributed by atoms with Crippen molar-refractivity contribution in [3.05, 3.63) is 29.3 Å². The van der Waals surface area contributed by atoms with E-state index in [0.717, 1.165) is 17.5 Å². The summed E-state index contributed by atoms with van der Waals surface area (Å²) in [6.07, 6.45) is 1.63. The van der Waals surface area contributed by atoms with E-state index in [1.165, 1.54) is 0 Å². The zero-order chi connectivity index (χ0) is 9.47. The van der Waals surface area contributed by atoms with Crippen molar-refractivity contribution in [3.8, 4) is 5.75 Å². The van der Waals surface area contributed by atoms with Crippen molar-refractivity contribution in [2.24, 2.45) is 0 Å². The van der Waals surface area contributed by atoms with Crippen LogP contribution in [0.2, 0.25) is 0 Å². The lowest BCUT2D eigenvalue weighted by molar-refractivity contribution is 0.164. The molecule has 0 aliphatic heterocycles. The number of hydrogen-bond donors (Lipinski definition) is 1. The summed E-state index contributed by atoms with van der Waals surface area (Å²) in [5.74, 6) is 0.237. The fraction of sp³-hybridized carbons (Fsp3) is 0.455. The first-order valence-electron chi connectivity index (χ1n) is 4.57. The summed E-state index contributed by atoms with van der Waals surface area (Å²) in [6, 6.07) is 5.40. The molecule has 1 nitrogen and oxygen atoms in total. The molecule has 0 radical (unpaired) electrons. The average molecular weight is 180 g/mol. The summed E-state index contributed by atoms with van der Waals surface area (Å²) in [5.41, 5.74) is 0.736. The third-order valence-electron chi connectivity index (χ3n) is 2.71. The summed E-state index contributed by atoms with van der Waals surface area (Å²) in [4.78, 5) is 0. The van der Waals surface area contributed by atoms with Crippen LogP contribution in [0, 0.1) is 0 Å². The molecule has 0 fully saturated rings. The lowest BCUT2D eigenvalue weighted by Gasteiger charge is -2.27. The van der Waals surface area contributed by atoms with E-state index in [0.29, 0.717) is 12.8 Å². The summed E-state index contributed by atoms with van der Waals surface area (Å²) in [7, 11) is 0. The first-order chi connectivity index (χ1) is 6.08. The second kappa shape index (κ2) is 2.72. The summed E-state index contributed by atoms with van der Waals surface area (Å²) >= 11 is 0. The van der Waals surface area contributed by atoms with Crippen LogP contribution >= 0.6 is 0 Å². The first kappa shape index (κ1) is 8.54. The molecule has 1 aliphatic carbocycles. The third kappa shape index (κ3) is 1.53. The van der Waals surface area contributed by atoms with Gasteiger partial charge in [-0.1, -0.05) is 12.1 Å². The second-order valence-corrected chi connectivity index (χ2v) is 4.00. The fourth-order valence-electron chi connectivity index (χ4n) is 1.91. The summed E-state index contributed by atoms with van der Waals surface area (Å²) < 4.78 is 13.6. The molecule has 2 heteroatoms. The van der Waals surface area contributed by atoms with Gasteiger partial charge in [-0.25, -0.2) is 4.39 Å². The number of phenolic OH excluding ortho intramolecular Hbond substituents is 1. The maximum Gasteiger partial charge on any atom is 0.119 e. The van der Waals surface area contributed by atoms with E-state index in [1.807, 2.05) is 12.1 Å². The van der Waals surface area contributed by atoms with Crippen LogP contribution in [-0.4, -0.2) is 10.8 Å². The SMILES string of the molecule is CC1(F)CCc2cccc(O)c2C1. The van der Waals surface area contributed by atoms with E-state index in [-0.39, 0.29) is 5.75 Å². The van der Waals surface area contributed by atoms with Crippen molar-refractivity contribution < 1.29 is 9.50 Å². The highest BCUT2D eigenvalue weighted by Gasteiger charge is 2.30. The molecular formula is C11H13FO. The minimum atomic E-state index is -1.15. The lowest BCUT2D eigenvalue weighted by atomic mass is 9.82. The van der Waals surface area contributed by atoms with Gasteiger partial charge in [-0.3, -0.25) is 0 Å². The van der Waals surface area contributed by atoms with Crippen LogP contribution in [0.4, 0.5) is 4.39 Å². The Kier molecular flexibility index (Phi) is 1.79. The van der Waals surface area contributed by atoms with E-state index < -0.39 is 5.67 Å². The second-order valence-electron chi connectivity index (χ2n) is 4.00. The Morgan fingerprint density at radius 2 is 2.23 bits per heavy atom. The van der Waals surface area contributed by atoms with E-state index in [2.05, 4.69) is 0 Å². The quantitative estimate of drug-likeness (QED) is 0.650. The number of aromatic hydroxyl groups is 1. The normalized spacial score (nSPS) is 26.9. The first-order valence-corrected chi connectivity index (χ1v) is 4.57. The highest BCUT2D eigenvalue weighted by atomic mass is 19.1. The Labute approximate surface area is 77.2 Å². The molecule has 2 rings (SSSR count). The van der Waals surface area contributed by atoms with Crippen molar-refractivity contribution >= 4 is 0 Å². The van der Waals surface area contributed by atoms with Crippen molar-refractivity contribution in [1.82, 2.24) is 0 Å². The Hall–Kier alpha value is -1.05. The van der Waals surface area contributed by atoms with Crippen LogP contribution < -0.4 is 0 Å². The fourth-order valence-corrected chi connectivity index (χ4v) is 1.91. The van der Waals surface area contributed by atoms with Crippen LogP contribution in [0.5, 0.6) is 5.75 Å². The van der Waals surface area contributed by atoms with Gasteiger partial charge >= 0.3 is 0 Å². The van der Waals surface area contributed by atoms with E-state index in [1.54, 1.807) is 13.0 Å². The number of hydrogen-bond acceptors (Lipinski definition) is 1. The minimum Gasteiger partial charge on any atom is -0.508 e. The van der Waals surface area contributed by atoms with Crippen molar-refractivity contribution in [1.29, 1.82) is 0 Å². The number of rotatable bonds is 0. The highest BCUT2D eigenvalue weighted by molar-refractivity contribution is 5.42. The van der Waals surface area contributed by atoms with E-state index in [9.17, 15) is 9.50 Å². The zero-order valence-corrected chi connectivity index (χ0v) is 7.68. The smallest absolute Gasteiger partial charge is 0.119 e. The van der Waals surface area contributed by atoms with Gasteiger partial charge in [0.2, 0.25) is 0 Å². The largest absolute Gasteiger partial charge is 0.508 e. The van der Waals surface area contributed by atoms with Gasteiger partial charge in [0, 0.05) is 12.0 Å². The van der Waals surface area contributed by atoms with Gasteiger partial charge in [-0.05, 0) is 31.4 Å². The van der Waals surface area contributed by atoms with Gasteiger partial charge in [0.1, 0.15) is 11.4 Å². The molecule has 0 aromatic heterocycles.